The molecule has 0 amide bonds. The molecule has 2 atom stereocenters. The zero-order valence-electron chi connectivity index (χ0n) is 7.81. The molecule has 1 aromatic rings. The average molecular weight is 191 g/mol. The number of carboxylic acid groups (broad SMARTS) is 1. The van der Waals surface area contributed by atoms with Gasteiger partial charge in [-0.15, -0.1) is 0 Å². The fraction of sp³-hybridized carbons (Fsp3) is 0.364. The van der Waals surface area contributed by atoms with Crippen molar-refractivity contribution in [2.75, 3.05) is 0 Å². The summed E-state index contributed by atoms with van der Waals surface area (Å²) in [5, 5.41) is 8.95. The summed E-state index contributed by atoms with van der Waals surface area (Å²) < 4.78 is 0. The molecule has 3 N–H and O–H groups in total. The zero-order chi connectivity index (χ0) is 10.1. The highest BCUT2D eigenvalue weighted by atomic mass is 16.4. The molecule has 0 saturated carbocycles. The van der Waals surface area contributed by atoms with Crippen LogP contribution in [-0.2, 0) is 11.2 Å². The number of fused-ring (bicyclic) bond motifs is 1. The molecule has 74 valence electrons. The Kier molecular flexibility index (Phi) is 2.25. The lowest BCUT2D eigenvalue weighted by Gasteiger charge is -2.27. The van der Waals surface area contributed by atoms with E-state index in [1.165, 1.54) is 5.56 Å². The summed E-state index contributed by atoms with van der Waals surface area (Å²) in [6.07, 6.45) is 1.47. The van der Waals surface area contributed by atoms with Crippen molar-refractivity contribution in [3.8, 4) is 0 Å². The summed E-state index contributed by atoms with van der Waals surface area (Å²) in [4.78, 5) is 10.9. The fourth-order valence-corrected chi connectivity index (χ4v) is 2.07. The Labute approximate surface area is 82.5 Å². The van der Waals surface area contributed by atoms with Crippen LogP contribution in [0.3, 0.4) is 0 Å². The van der Waals surface area contributed by atoms with Gasteiger partial charge in [-0.3, -0.25) is 4.79 Å². The van der Waals surface area contributed by atoms with Crippen LogP contribution in [-0.4, -0.2) is 11.1 Å². The van der Waals surface area contributed by atoms with Crippen LogP contribution in [0.2, 0.25) is 0 Å². The Balaban J connectivity index is 2.36. The first kappa shape index (κ1) is 9.21. The van der Waals surface area contributed by atoms with Crippen molar-refractivity contribution in [2.45, 2.75) is 18.9 Å². The number of aliphatic carboxylic acids is 1. The number of carbonyl (C=O) groups is 1. The summed E-state index contributed by atoms with van der Waals surface area (Å²) in [7, 11) is 0. The van der Waals surface area contributed by atoms with E-state index in [0.29, 0.717) is 6.42 Å². The molecule has 1 aliphatic carbocycles. The van der Waals surface area contributed by atoms with Crippen molar-refractivity contribution in [3.63, 3.8) is 0 Å². The number of nitrogens with two attached hydrogens (primary N) is 1. The monoisotopic (exact) mass is 191 g/mol. The summed E-state index contributed by atoms with van der Waals surface area (Å²) in [5.74, 6) is -1.21. The van der Waals surface area contributed by atoms with E-state index in [1.54, 1.807) is 0 Å². The van der Waals surface area contributed by atoms with E-state index in [2.05, 4.69) is 0 Å². The van der Waals surface area contributed by atoms with Crippen molar-refractivity contribution in [1.82, 2.24) is 0 Å². The molecule has 1 aromatic carbocycles. The van der Waals surface area contributed by atoms with Crippen molar-refractivity contribution in [1.29, 1.82) is 0 Å². The van der Waals surface area contributed by atoms with Crippen LogP contribution in [0.4, 0.5) is 0 Å². The molecule has 0 radical (unpaired) electrons. The Morgan fingerprint density at radius 2 is 2.14 bits per heavy atom. The number of hydrogen-bond donors (Lipinski definition) is 2. The molecule has 0 saturated heterocycles. The molecular weight excluding hydrogens is 178 g/mol. The van der Waals surface area contributed by atoms with Crippen molar-refractivity contribution >= 4 is 5.97 Å². The van der Waals surface area contributed by atoms with Gasteiger partial charge in [0.05, 0.1) is 5.92 Å². The fourth-order valence-electron chi connectivity index (χ4n) is 2.07. The van der Waals surface area contributed by atoms with E-state index in [9.17, 15) is 4.79 Å². The summed E-state index contributed by atoms with van der Waals surface area (Å²) in [6.45, 7) is 0. The molecule has 0 aromatic heterocycles. The molecule has 2 rings (SSSR count). The van der Waals surface area contributed by atoms with Gasteiger partial charge in [-0.25, -0.2) is 0 Å². The average Bonchev–Trinajstić information content (AvgIpc) is 2.18. The molecule has 0 unspecified atom stereocenters. The Hall–Kier alpha value is -1.35. The van der Waals surface area contributed by atoms with Gasteiger partial charge in [-0.05, 0) is 24.0 Å². The highest BCUT2D eigenvalue weighted by Crippen LogP contribution is 2.32. The molecule has 0 aliphatic heterocycles. The van der Waals surface area contributed by atoms with E-state index >= 15 is 0 Å². The van der Waals surface area contributed by atoms with E-state index in [1.807, 2.05) is 24.3 Å². The minimum atomic E-state index is -0.785. The molecular formula is C11H13NO2. The minimum Gasteiger partial charge on any atom is -0.481 e. The van der Waals surface area contributed by atoms with Gasteiger partial charge in [-0.1, -0.05) is 24.3 Å². The maximum Gasteiger partial charge on any atom is 0.308 e. The van der Waals surface area contributed by atoms with Gasteiger partial charge in [0.2, 0.25) is 0 Å². The van der Waals surface area contributed by atoms with Crippen LogP contribution < -0.4 is 5.73 Å². The van der Waals surface area contributed by atoms with Gasteiger partial charge in [-0.2, -0.15) is 0 Å². The number of rotatable bonds is 1. The molecule has 1 aliphatic rings. The van der Waals surface area contributed by atoms with Crippen LogP contribution in [0.5, 0.6) is 0 Å². The molecule has 0 heterocycles. The second-order valence-electron chi connectivity index (χ2n) is 3.71. The van der Waals surface area contributed by atoms with Crippen LogP contribution in [0.15, 0.2) is 24.3 Å². The zero-order valence-corrected chi connectivity index (χ0v) is 7.81. The third-order valence-electron chi connectivity index (χ3n) is 2.89. The van der Waals surface area contributed by atoms with Crippen molar-refractivity contribution in [3.05, 3.63) is 35.4 Å². The van der Waals surface area contributed by atoms with Gasteiger partial charge in [0.1, 0.15) is 0 Å². The number of carboxylic acids is 1. The quantitative estimate of drug-likeness (QED) is 0.704. The Morgan fingerprint density at radius 1 is 1.43 bits per heavy atom. The lowest BCUT2D eigenvalue weighted by molar-refractivity contribution is -0.143. The third kappa shape index (κ3) is 1.40. The topological polar surface area (TPSA) is 63.3 Å². The van der Waals surface area contributed by atoms with E-state index in [4.69, 9.17) is 10.8 Å². The number of benzene rings is 1. The first-order valence-corrected chi connectivity index (χ1v) is 4.76. The standard InChI is InChI=1S/C11H13NO2/c12-10-8-4-2-1-3-7(8)5-6-9(10)11(13)14/h1-4,9-10H,5-6,12H2,(H,13,14)/t9-,10-/m1/s1. The van der Waals surface area contributed by atoms with Gasteiger partial charge < -0.3 is 10.8 Å². The smallest absolute Gasteiger partial charge is 0.308 e. The first-order valence-electron chi connectivity index (χ1n) is 4.76. The summed E-state index contributed by atoms with van der Waals surface area (Å²) in [6, 6.07) is 7.47. The first-order chi connectivity index (χ1) is 6.70. The van der Waals surface area contributed by atoms with E-state index in [-0.39, 0.29) is 6.04 Å². The molecule has 0 fully saturated rings. The van der Waals surface area contributed by atoms with Gasteiger partial charge in [0, 0.05) is 6.04 Å². The molecule has 3 heteroatoms. The molecule has 3 nitrogen and oxygen atoms in total. The maximum atomic E-state index is 10.9. The van der Waals surface area contributed by atoms with Crippen LogP contribution >= 0.6 is 0 Å². The highest BCUT2D eigenvalue weighted by molar-refractivity contribution is 5.72. The second kappa shape index (κ2) is 3.42. The van der Waals surface area contributed by atoms with Gasteiger partial charge in [0.25, 0.3) is 0 Å². The normalized spacial score (nSPS) is 25.5. The van der Waals surface area contributed by atoms with E-state index in [0.717, 1.165) is 12.0 Å². The molecule has 0 spiro atoms. The van der Waals surface area contributed by atoms with Crippen LogP contribution in [0.1, 0.15) is 23.6 Å². The van der Waals surface area contributed by atoms with E-state index < -0.39 is 11.9 Å². The predicted molar refractivity (Wildman–Crippen MR) is 52.8 cm³/mol. The Bertz CT molecular complexity index is 362. The minimum absolute atomic E-state index is 0.350. The molecule has 0 bridgehead atoms. The predicted octanol–water partition coefficient (Wildman–Crippen LogP) is 1.33. The lowest BCUT2D eigenvalue weighted by Crippen LogP contribution is -2.32. The summed E-state index contributed by atoms with van der Waals surface area (Å²) in [5.41, 5.74) is 8.09. The van der Waals surface area contributed by atoms with Gasteiger partial charge in [0.15, 0.2) is 0 Å². The third-order valence-corrected chi connectivity index (χ3v) is 2.89. The van der Waals surface area contributed by atoms with Crippen LogP contribution in [0.25, 0.3) is 0 Å². The number of hydrogen-bond acceptors (Lipinski definition) is 2. The molecule has 14 heavy (non-hydrogen) atoms. The SMILES string of the molecule is N[C@@H]1c2ccccc2CC[C@H]1C(=O)O. The Morgan fingerprint density at radius 3 is 2.86 bits per heavy atom. The number of aryl methyl sites for hydroxylation is 1. The lowest BCUT2D eigenvalue weighted by atomic mass is 9.80. The van der Waals surface area contributed by atoms with Crippen LogP contribution in [0, 0.1) is 5.92 Å². The highest BCUT2D eigenvalue weighted by Gasteiger charge is 2.31. The maximum absolute atomic E-state index is 10.9. The van der Waals surface area contributed by atoms with Crippen molar-refractivity contribution in [2.24, 2.45) is 11.7 Å². The van der Waals surface area contributed by atoms with Crippen molar-refractivity contribution < 1.29 is 9.90 Å². The largest absolute Gasteiger partial charge is 0.481 e. The summed E-state index contributed by atoms with van der Waals surface area (Å²) >= 11 is 0. The second-order valence-corrected chi connectivity index (χ2v) is 3.71. The van der Waals surface area contributed by atoms with Gasteiger partial charge >= 0.3 is 5.97 Å².